The number of carbonyl (C=O) groups is 2. The third-order valence-electron chi connectivity index (χ3n) is 2.95. The van der Waals surface area contributed by atoms with Crippen molar-refractivity contribution in [2.45, 2.75) is 6.92 Å². The molecule has 5 nitrogen and oxygen atoms in total. The zero-order chi connectivity index (χ0) is 16.1. The fraction of sp³-hybridized carbons (Fsp3) is 0.125. The normalized spacial score (nSPS) is 11.6. The lowest BCUT2D eigenvalue weighted by atomic mass is 10.1. The van der Waals surface area contributed by atoms with Crippen LogP contribution in [0.4, 0.5) is 11.4 Å². The van der Waals surface area contributed by atoms with Gasteiger partial charge in [-0.15, -0.1) is 0 Å². The van der Waals surface area contributed by atoms with Gasteiger partial charge in [-0.2, -0.15) is 0 Å². The number of ketones is 1. The highest BCUT2D eigenvalue weighted by molar-refractivity contribution is 7.92. The average molecular weight is 316 g/mol. The van der Waals surface area contributed by atoms with Crippen molar-refractivity contribution in [3.63, 3.8) is 0 Å². The summed E-state index contributed by atoms with van der Waals surface area (Å²) >= 11 is -1.27. The first-order chi connectivity index (χ1) is 10.5. The molecule has 1 atom stereocenters. The summed E-state index contributed by atoms with van der Waals surface area (Å²) in [6.45, 7) is 1.47. The highest BCUT2D eigenvalue weighted by Crippen LogP contribution is 2.19. The van der Waals surface area contributed by atoms with Gasteiger partial charge in [0.1, 0.15) is 6.26 Å². The molecule has 0 aromatic heterocycles. The number of rotatable bonds is 5. The molecule has 0 spiro atoms. The molecule has 0 aliphatic carbocycles. The van der Waals surface area contributed by atoms with Crippen LogP contribution in [-0.2, 0) is 11.4 Å². The van der Waals surface area contributed by atoms with E-state index < -0.39 is 11.4 Å². The van der Waals surface area contributed by atoms with Crippen LogP contribution < -0.4 is 10.0 Å². The maximum Gasteiger partial charge on any atom is 0.257 e. The van der Waals surface area contributed by atoms with Crippen molar-refractivity contribution in [3.8, 4) is 0 Å². The van der Waals surface area contributed by atoms with Crippen molar-refractivity contribution in [2.24, 2.45) is 0 Å². The summed E-state index contributed by atoms with van der Waals surface area (Å²) in [4.78, 5) is 23.7. The third-order valence-corrected chi connectivity index (χ3v) is 3.46. The van der Waals surface area contributed by atoms with E-state index in [0.29, 0.717) is 22.5 Å². The molecule has 0 aliphatic heterocycles. The topological polar surface area (TPSA) is 81.3 Å². The van der Waals surface area contributed by atoms with Crippen molar-refractivity contribution in [1.82, 2.24) is 0 Å². The predicted molar refractivity (Wildman–Crippen MR) is 88.5 cm³/mol. The van der Waals surface area contributed by atoms with Crippen LogP contribution in [0.3, 0.4) is 0 Å². The van der Waals surface area contributed by atoms with Gasteiger partial charge in [0.15, 0.2) is 5.78 Å². The summed E-state index contributed by atoms with van der Waals surface area (Å²) in [5, 5.41) is 2.74. The Morgan fingerprint density at radius 2 is 1.82 bits per heavy atom. The zero-order valence-corrected chi connectivity index (χ0v) is 13.1. The van der Waals surface area contributed by atoms with Crippen LogP contribution in [0.5, 0.6) is 0 Å². The van der Waals surface area contributed by atoms with E-state index in [4.69, 9.17) is 0 Å². The number of carbonyl (C=O) groups excluding carboxylic acids is 2. The van der Waals surface area contributed by atoms with Crippen molar-refractivity contribution in [2.75, 3.05) is 16.3 Å². The van der Waals surface area contributed by atoms with Crippen LogP contribution in [-0.4, -0.2) is 22.5 Å². The fourth-order valence-corrected chi connectivity index (χ4v) is 2.43. The number of anilines is 2. The molecule has 2 rings (SSSR count). The number of hydrogen-bond acceptors (Lipinski definition) is 4. The Kier molecular flexibility index (Phi) is 5.19. The van der Waals surface area contributed by atoms with E-state index in [2.05, 4.69) is 10.0 Å². The first-order valence-electron chi connectivity index (χ1n) is 6.59. The van der Waals surface area contributed by atoms with Crippen molar-refractivity contribution in [3.05, 3.63) is 59.7 Å². The fourth-order valence-electron chi connectivity index (χ4n) is 1.94. The highest BCUT2D eigenvalue weighted by atomic mass is 32.2. The second kappa shape index (κ2) is 7.11. The lowest BCUT2D eigenvalue weighted by molar-refractivity contribution is 0.101. The maximum absolute atomic E-state index is 12.4. The Labute approximate surface area is 132 Å². The van der Waals surface area contributed by atoms with E-state index in [1.807, 2.05) is 0 Å². The minimum absolute atomic E-state index is 0.0699. The van der Waals surface area contributed by atoms with E-state index in [9.17, 15) is 14.1 Å². The number of para-hydroxylation sites is 1. The SMILES string of the molecule is CC(=O)c1cccc(NC(=O)c2ccccc2N[S+](C)[O-])c1. The van der Waals surface area contributed by atoms with Gasteiger partial charge in [-0.1, -0.05) is 24.3 Å². The number of nitrogens with one attached hydrogen (secondary N) is 2. The summed E-state index contributed by atoms with van der Waals surface area (Å²) in [7, 11) is 0. The smallest absolute Gasteiger partial charge is 0.257 e. The number of hydrogen-bond donors (Lipinski definition) is 2. The predicted octanol–water partition coefficient (Wildman–Crippen LogP) is 2.85. The second-order valence-corrected chi connectivity index (χ2v) is 5.81. The standard InChI is InChI=1S/C16H16N2O3S/c1-11(19)12-6-5-7-13(10-12)17-16(20)14-8-3-4-9-15(14)18-22(2)21/h3-10,18H,1-2H3,(H,17,20). The Morgan fingerprint density at radius 1 is 1.09 bits per heavy atom. The Balaban J connectivity index is 2.22. The van der Waals surface area contributed by atoms with E-state index in [1.54, 1.807) is 48.5 Å². The van der Waals surface area contributed by atoms with E-state index in [0.717, 1.165) is 0 Å². The van der Waals surface area contributed by atoms with E-state index in [-0.39, 0.29) is 11.7 Å². The molecule has 0 radical (unpaired) electrons. The molecule has 0 bridgehead atoms. The van der Waals surface area contributed by atoms with Gasteiger partial charge in [0.05, 0.1) is 22.6 Å². The zero-order valence-electron chi connectivity index (χ0n) is 12.3. The molecule has 1 unspecified atom stereocenters. The Morgan fingerprint density at radius 3 is 2.50 bits per heavy atom. The molecular formula is C16H16N2O3S. The van der Waals surface area contributed by atoms with Crippen molar-refractivity contribution >= 4 is 34.4 Å². The lowest BCUT2D eigenvalue weighted by Crippen LogP contribution is -2.17. The molecule has 0 saturated carbocycles. The van der Waals surface area contributed by atoms with E-state index in [1.165, 1.54) is 13.2 Å². The molecule has 2 aromatic rings. The van der Waals surface area contributed by atoms with Crippen molar-refractivity contribution < 1.29 is 14.1 Å². The quantitative estimate of drug-likeness (QED) is 0.656. The first-order valence-corrected chi connectivity index (χ1v) is 8.14. The number of amides is 1. The highest BCUT2D eigenvalue weighted by Gasteiger charge is 2.14. The summed E-state index contributed by atoms with van der Waals surface area (Å²) < 4.78 is 14.0. The number of benzene rings is 2. The van der Waals surface area contributed by atoms with E-state index >= 15 is 0 Å². The van der Waals surface area contributed by atoms with Gasteiger partial charge < -0.3 is 9.87 Å². The van der Waals surface area contributed by atoms with Crippen LogP contribution in [0.1, 0.15) is 27.6 Å². The molecular weight excluding hydrogens is 300 g/mol. The lowest BCUT2D eigenvalue weighted by Gasteiger charge is -2.12. The van der Waals surface area contributed by atoms with Gasteiger partial charge in [0.2, 0.25) is 0 Å². The van der Waals surface area contributed by atoms with Gasteiger partial charge in [-0.3, -0.25) is 9.59 Å². The number of Topliss-reactive ketones (excluding diaryl/α,β-unsaturated/α-hetero) is 1. The van der Waals surface area contributed by atoms with Crippen LogP contribution in [0.15, 0.2) is 48.5 Å². The summed E-state index contributed by atoms with van der Waals surface area (Å²) in [5.41, 5.74) is 1.93. The molecule has 0 saturated heterocycles. The first kappa shape index (κ1) is 16.1. The molecule has 2 aromatic carbocycles. The molecule has 1 amide bonds. The molecule has 2 N–H and O–H groups in total. The van der Waals surface area contributed by atoms with Crippen LogP contribution in [0.2, 0.25) is 0 Å². The average Bonchev–Trinajstić information content (AvgIpc) is 2.47. The molecule has 6 heteroatoms. The van der Waals surface area contributed by atoms with Crippen molar-refractivity contribution in [1.29, 1.82) is 0 Å². The van der Waals surface area contributed by atoms with Crippen LogP contribution in [0, 0.1) is 0 Å². The second-order valence-electron chi connectivity index (χ2n) is 4.69. The minimum atomic E-state index is -1.27. The van der Waals surface area contributed by atoms with Gasteiger partial charge in [-0.05, 0) is 31.2 Å². The largest absolute Gasteiger partial charge is 0.593 e. The van der Waals surface area contributed by atoms with Gasteiger partial charge in [0.25, 0.3) is 5.91 Å². The summed E-state index contributed by atoms with van der Waals surface area (Å²) in [5.74, 6) is -0.409. The van der Waals surface area contributed by atoms with Crippen LogP contribution in [0.25, 0.3) is 0 Å². The molecule has 22 heavy (non-hydrogen) atoms. The maximum atomic E-state index is 12.4. The monoisotopic (exact) mass is 316 g/mol. The third kappa shape index (κ3) is 4.09. The summed E-state index contributed by atoms with van der Waals surface area (Å²) in [6, 6.07) is 13.5. The summed E-state index contributed by atoms with van der Waals surface area (Å²) in [6.07, 6.45) is 1.49. The molecule has 0 fully saturated rings. The van der Waals surface area contributed by atoms with Gasteiger partial charge in [-0.25, -0.2) is 4.72 Å². The van der Waals surface area contributed by atoms with Gasteiger partial charge in [0, 0.05) is 11.3 Å². The molecule has 114 valence electrons. The van der Waals surface area contributed by atoms with Gasteiger partial charge >= 0.3 is 0 Å². The molecule has 0 heterocycles. The molecule has 0 aliphatic rings. The Bertz CT molecular complexity index is 701. The van der Waals surface area contributed by atoms with Crippen LogP contribution >= 0.6 is 0 Å². The minimum Gasteiger partial charge on any atom is -0.593 e. The Hall–Kier alpha value is -2.31.